The van der Waals surface area contributed by atoms with Crippen molar-refractivity contribution < 1.29 is 4.79 Å². The first-order valence-electron chi connectivity index (χ1n) is 6.36. The minimum Gasteiger partial charge on any atom is -0.352 e. The van der Waals surface area contributed by atoms with Crippen molar-refractivity contribution in [2.75, 3.05) is 33.7 Å². The summed E-state index contributed by atoms with van der Waals surface area (Å²) in [4.78, 5) is 14.1. The van der Waals surface area contributed by atoms with Gasteiger partial charge in [0, 0.05) is 12.1 Å². The lowest BCUT2D eigenvalue weighted by Gasteiger charge is -2.10. The molecule has 0 aliphatic heterocycles. The van der Waals surface area contributed by atoms with Crippen LogP contribution in [0.4, 0.5) is 0 Å². The molecule has 1 aromatic carbocycles. The predicted octanol–water partition coefficient (Wildman–Crippen LogP) is 0.678. The molecular weight excluding hydrogens is 238 g/mol. The van der Waals surface area contributed by atoms with Gasteiger partial charge in [0.15, 0.2) is 0 Å². The van der Waals surface area contributed by atoms with Crippen molar-refractivity contribution in [2.24, 2.45) is 5.73 Å². The van der Waals surface area contributed by atoms with Crippen molar-refractivity contribution >= 4 is 5.91 Å². The van der Waals surface area contributed by atoms with Gasteiger partial charge in [-0.1, -0.05) is 24.0 Å². The number of nitrogens with zero attached hydrogens (tertiary/aromatic N) is 1. The van der Waals surface area contributed by atoms with Crippen LogP contribution in [-0.4, -0.2) is 44.5 Å². The molecule has 0 atom stereocenters. The van der Waals surface area contributed by atoms with E-state index in [1.807, 2.05) is 32.3 Å². The molecule has 1 amide bonds. The molecule has 1 aromatic rings. The molecule has 0 bridgehead atoms. The minimum atomic E-state index is -0.0827. The van der Waals surface area contributed by atoms with Crippen LogP contribution in [-0.2, 0) is 0 Å². The predicted molar refractivity (Wildman–Crippen MR) is 77.9 cm³/mol. The Morgan fingerprint density at radius 3 is 2.79 bits per heavy atom. The minimum absolute atomic E-state index is 0.0827. The number of benzene rings is 1. The Labute approximate surface area is 115 Å². The van der Waals surface area contributed by atoms with E-state index in [0.29, 0.717) is 18.7 Å². The highest BCUT2D eigenvalue weighted by Gasteiger charge is 2.08. The van der Waals surface area contributed by atoms with E-state index in [9.17, 15) is 4.79 Å². The van der Waals surface area contributed by atoms with Gasteiger partial charge >= 0.3 is 0 Å². The molecular formula is C15H21N3O. The van der Waals surface area contributed by atoms with Gasteiger partial charge in [0.1, 0.15) is 0 Å². The average Bonchev–Trinajstić information content (AvgIpc) is 2.41. The van der Waals surface area contributed by atoms with E-state index in [4.69, 9.17) is 5.73 Å². The zero-order valence-corrected chi connectivity index (χ0v) is 11.6. The first kappa shape index (κ1) is 15.2. The van der Waals surface area contributed by atoms with Gasteiger partial charge in [-0.05, 0) is 39.2 Å². The molecule has 19 heavy (non-hydrogen) atoms. The van der Waals surface area contributed by atoms with Gasteiger partial charge < -0.3 is 16.0 Å². The molecule has 0 fully saturated rings. The summed E-state index contributed by atoms with van der Waals surface area (Å²) in [6.45, 7) is 1.91. The third-order valence-electron chi connectivity index (χ3n) is 2.56. The van der Waals surface area contributed by atoms with Crippen LogP contribution < -0.4 is 11.1 Å². The molecule has 0 aliphatic carbocycles. The van der Waals surface area contributed by atoms with E-state index in [0.717, 1.165) is 18.5 Å². The van der Waals surface area contributed by atoms with Gasteiger partial charge in [-0.25, -0.2) is 0 Å². The zero-order valence-electron chi connectivity index (χ0n) is 11.6. The lowest BCUT2D eigenvalue weighted by atomic mass is 10.1. The fraction of sp³-hybridized carbons (Fsp3) is 0.400. The summed E-state index contributed by atoms with van der Waals surface area (Å²) < 4.78 is 0. The summed E-state index contributed by atoms with van der Waals surface area (Å²) in [5.74, 6) is 5.61. The standard InChI is InChI=1S/C15H21N3O/c1-18(2)12-6-11-17-15(19)14-9-4-3-7-13(14)8-5-10-16/h3-4,7,9H,6,10-12,16H2,1-2H3,(H,17,19). The summed E-state index contributed by atoms with van der Waals surface area (Å²) in [5, 5.41) is 2.91. The molecule has 3 N–H and O–H groups in total. The molecule has 0 heterocycles. The second kappa shape index (κ2) is 8.30. The van der Waals surface area contributed by atoms with E-state index in [-0.39, 0.29) is 5.91 Å². The number of nitrogens with one attached hydrogen (secondary N) is 1. The number of hydrogen-bond acceptors (Lipinski definition) is 3. The Bertz CT molecular complexity index is 472. The van der Waals surface area contributed by atoms with Crippen LogP contribution in [0.3, 0.4) is 0 Å². The van der Waals surface area contributed by atoms with E-state index >= 15 is 0 Å². The Balaban J connectivity index is 2.61. The average molecular weight is 259 g/mol. The van der Waals surface area contributed by atoms with Gasteiger partial charge in [-0.3, -0.25) is 4.79 Å². The zero-order chi connectivity index (χ0) is 14.1. The molecule has 102 valence electrons. The van der Waals surface area contributed by atoms with Gasteiger partial charge in [0.05, 0.1) is 12.1 Å². The smallest absolute Gasteiger partial charge is 0.252 e. The van der Waals surface area contributed by atoms with E-state index < -0.39 is 0 Å². The number of nitrogens with two attached hydrogens (primary N) is 1. The van der Waals surface area contributed by atoms with Crippen LogP contribution in [0.25, 0.3) is 0 Å². The molecule has 0 aromatic heterocycles. The van der Waals surface area contributed by atoms with Crippen molar-refractivity contribution in [3.05, 3.63) is 35.4 Å². The van der Waals surface area contributed by atoms with Gasteiger partial charge in [-0.15, -0.1) is 0 Å². The Hall–Kier alpha value is -1.83. The van der Waals surface area contributed by atoms with Crippen molar-refractivity contribution in [2.45, 2.75) is 6.42 Å². The van der Waals surface area contributed by atoms with E-state index in [1.54, 1.807) is 6.07 Å². The van der Waals surface area contributed by atoms with Crippen molar-refractivity contribution in [3.63, 3.8) is 0 Å². The van der Waals surface area contributed by atoms with Crippen LogP contribution in [0.15, 0.2) is 24.3 Å². The first-order valence-corrected chi connectivity index (χ1v) is 6.36. The Kier molecular flexibility index (Phi) is 6.65. The monoisotopic (exact) mass is 259 g/mol. The molecule has 1 rings (SSSR count). The summed E-state index contributed by atoms with van der Waals surface area (Å²) >= 11 is 0. The van der Waals surface area contributed by atoms with Crippen LogP contribution in [0, 0.1) is 11.8 Å². The Morgan fingerprint density at radius 2 is 2.11 bits per heavy atom. The topological polar surface area (TPSA) is 58.4 Å². The van der Waals surface area contributed by atoms with E-state index in [1.165, 1.54) is 0 Å². The number of carbonyl (C=O) groups excluding carboxylic acids is 1. The normalized spacial score (nSPS) is 9.89. The molecule has 4 heteroatoms. The van der Waals surface area contributed by atoms with Crippen LogP contribution in [0.5, 0.6) is 0 Å². The third-order valence-corrected chi connectivity index (χ3v) is 2.56. The molecule has 0 saturated carbocycles. The number of hydrogen-bond donors (Lipinski definition) is 2. The summed E-state index contributed by atoms with van der Waals surface area (Å²) in [7, 11) is 4.03. The van der Waals surface area contributed by atoms with Crippen molar-refractivity contribution in [1.82, 2.24) is 10.2 Å². The largest absolute Gasteiger partial charge is 0.352 e. The van der Waals surface area contributed by atoms with Crippen molar-refractivity contribution in [3.8, 4) is 11.8 Å². The lowest BCUT2D eigenvalue weighted by Crippen LogP contribution is -2.27. The Morgan fingerprint density at radius 1 is 1.37 bits per heavy atom. The highest BCUT2D eigenvalue weighted by atomic mass is 16.1. The van der Waals surface area contributed by atoms with Gasteiger partial charge in [0.2, 0.25) is 0 Å². The summed E-state index contributed by atoms with van der Waals surface area (Å²) in [5.41, 5.74) is 6.68. The maximum absolute atomic E-state index is 12.0. The van der Waals surface area contributed by atoms with Crippen LogP contribution in [0.1, 0.15) is 22.3 Å². The first-order chi connectivity index (χ1) is 9.15. The number of carbonyl (C=O) groups is 1. The second-order valence-corrected chi connectivity index (χ2v) is 4.46. The number of rotatable bonds is 5. The SMILES string of the molecule is CN(C)CCCNC(=O)c1ccccc1C#CCN. The quantitative estimate of drug-likeness (QED) is 0.604. The second-order valence-electron chi connectivity index (χ2n) is 4.46. The molecule has 0 unspecified atom stereocenters. The highest BCUT2D eigenvalue weighted by Crippen LogP contribution is 2.07. The maximum Gasteiger partial charge on any atom is 0.252 e. The molecule has 0 spiro atoms. The van der Waals surface area contributed by atoms with Gasteiger partial charge in [0.25, 0.3) is 5.91 Å². The summed E-state index contributed by atoms with van der Waals surface area (Å²) in [6, 6.07) is 7.31. The lowest BCUT2D eigenvalue weighted by molar-refractivity contribution is 0.0952. The number of amides is 1. The molecule has 0 saturated heterocycles. The molecule has 0 radical (unpaired) electrons. The highest BCUT2D eigenvalue weighted by molar-refractivity contribution is 5.96. The third kappa shape index (κ3) is 5.56. The molecule has 0 aliphatic rings. The fourth-order valence-corrected chi connectivity index (χ4v) is 1.63. The maximum atomic E-state index is 12.0. The van der Waals surface area contributed by atoms with Crippen LogP contribution in [0.2, 0.25) is 0 Å². The van der Waals surface area contributed by atoms with Gasteiger partial charge in [-0.2, -0.15) is 0 Å². The summed E-state index contributed by atoms with van der Waals surface area (Å²) in [6.07, 6.45) is 0.926. The van der Waals surface area contributed by atoms with Crippen molar-refractivity contribution in [1.29, 1.82) is 0 Å². The fourth-order valence-electron chi connectivity index (χ4n) is 1.63. The van der Waals surface area contributed by atoms with Crippen LogP contribution >= 0.6 is 0 Å². The van der Waals surface area contributed by atoms with E-state index in [2.05, 4.69) is 22.1 Å². The molecule has 4 nitrogen and oxygen atoms in total.